The van der Waals surface area contributed by atoms with Crippen LogP contribution in [-0.4, -0.2) is 46.2 Å². The second-order valence-electron chi connectivity index (χ2n) is 6.13. The first-order chi connectivity index (χ1) is 9.63. The molecule has 5 heteroatoms. The summed E-state index contributed by atoms with van der Waals surface area (Å²) in [6.07, 6.45) is 7.87. The minimum Gasteiger partial charge on any atom is -0.365 e. The zero-order valence-electron chi connectivity index (χ0n) is 12.3. The predicted molar refractivity (Wildman–Crippen MR) is 75.2 cm³/mol. The summed E-state index contributed by atoms with van der Waals surface area (Å²) < 4.78 is 7.88. The van der Waals surface area contributed by atoms with Crippen LogP contribution in [0.1, 0.15) is 32.0 Å². The van der Waals surface area contributed by atoms with E-state index in [4.69, 9.17) is 4.74 Å². The first kappa shape index (κ1) is 13.6. The molecule has 3 rings (SSSR count). The Morgan fingerprint density at radius 3 is 3.10 bits per heavy atom. The van der Waals surface area contributed by atoms with Gasteiger partial charge < -0.3 is 14.2 Å². The first-order valence-corrected chi connectivity index (χ1v) is 7.54. The summed E-state index contributed by atoms with van der Waals surface area (Å²) in [6.45, 7) is 3.81. The Labute approximate surface area is 119 Å². The number of nitrogens with zero attached hydrogens (tertiary/aromatic N) is 3. The van der Waals surface area contributed by atoms with Crippen LogP contribution in [-0.2, 0) is 22.5 Å². The van der Waals surface area contributed by atoms with Gasteiger partial charge in [-0.05, 0) is 32.1 Å². The van der Waals surface area contributed by atoms with Crippen LogP contribution in [0.4, 0.5) is 0 Å². The number of aromatic nitrogens is 2. The number of rotatable bonds is 3. The van der Waals surface area contributed by atoms with Crippen LogP contribution in [0.15, 0.2) is 12.4 Å². The molecular weight excluding hydrogens is 254 g/mol. The average molecular weight is 277 g/mol. The Kier molecular flexibility index (Phi) is 3.78. The average Bonchev–Trinajstić information content (AvgIpc) is 3.05. The lowest BCUT2D eigenvalue weighted by molar-refractivity contribution is -0.141. The topological polar surface area (TPSA) is 47.4 Å². The minimum absolute atomic E-state index is 0.144. The van der Waals surface area contributed by atoms with Gasteiger partial charge in [0.1, 0.15) is 11.9 Å². The Hall–Kier alpha value is -1.36. The molecule has 1 saturated heterocycles. The lowest BCUT2D eigenvalue weighted by Crippen LogP contribution is -2.40. The molecule has 5 nitrogen and oxygen atoms in total. The van der Waals surface area contributed by atoms with Gasteiger partial charge in [-0.3, -0.25) is 4.79 Å². The summed E-state index contributed by atoms with van der Waals surface area (Å²) in [5.74, 6) is 1.83. The Bertz CT molecular complexity index is 485. The third kappa shape index (κ3) is 2.73. The highest BCUT2D eigenvalue weighted by atomic mass is 16.5. The van der Waals surface area contributed by atoms with Crippen molar-refractivity contribution in [2.75, 3.05) is 13.6 Å². The van der Waals surface area contributed by atoms with Crippen LogP contribution < -0.4 is 0 Å². The van der Waals surface area contributed by atoms with Crippen LogP contribution in [0.2, 0.25) is 0 Å². The fourth-order valence-corrected chi connectivity index (χ4v) is 3.29. The summed E-state index contributed by atoms with van der Waals surface area (Å²) in [4.78, 5) is 18.5. The summed E-state index contributed by atoms with van der Waals surface area (Å²) in [6, 6.07) is 0. The predicted octanol–water partition coefficient (Wildman–Crippen LogP) is 1.47. The maximum absolute atomic E-state index is 12.3. The molecule has 1 aromatic rings. The number of hydrogen-bond donors (Lipinski definition) is 0. The van der Waals surface area contributed by atoms with Crippen molar-refractivity contribution in [2.45, 2.75) is 51.4 Å². The number of likely N-dealkylation sites (N-methyl/N-ethyl adjacent to an activating group) is 1. The van der Waals surface area contributed by atoms with Crippen molar-refractivity contribution >= 4 is 5.91 Å². The largest absolute Gasteiger partial charge is 0.365 e. The van der Waals surface area contributed by atoms with E-state index in [1.54, 1.807) is 0 Å². The fraction of sp³-hybridized carbons (Fsp3) is 0.733. The summed E-state index contributed by atoms with van der Waals surface area (Å²) in [5, 5.41) is 0. The Balaban J connectivity index is 1.54. The standard InChI is InChI=1S/C15H23N3O2/c1-11-3-5-13(20-11)15(19)17(2)9-12-4-6-14-16-7-8-18(14)10-12/h7-8,11-13H,3-6,9-10H2,1-2H3/t11-,12+,13-/m1/s1. The molecule has 1 fully saturated rings. The highest BCUT2D eigenvalue weighted by Gasteiger charge is 2.31. The number of imidazole rings is 1. The van der Waals surface area contributed by atoms with Gasteiger partial charge in [-0.2, -0.15) is 0 Å². The number of carbonyl (C=O) groups excluding carboxylic acids is 1. The highest BCUT2D eigenvalue weighted by Crippen LogP contribution is 2.23. The van der Waals surface area contributed by atoms with Gasteiger partial charge in [-0.25, -0.2) is 4.98 Å². The molecule has 2 aliphatic heterocycles. The maximum atomic E-state index is 12.3. The fourth-order valence-electron chi connectivity index (χ4n) is 3.29. The van der Waals surface area contributed by atoms with Gasteiger partial charge in [-0.1, -0.05) is 0 Å². The molecule has 1 aromatic heterocycles. The van der Waals surface area contributed by atoms with Crippen LogP contribution >= 0.6 is 0 Å². The molecule has 110 valence electrons. The molecule has 3 heterocycles. The quantitative estimate of drug-likeness (QED) is 0.840. The van der Waals surface area contributed by atoms with E-state index in [2.05, 4.69) is 9.55 Å². The number of aryl methyl sites for hydroxylation is 1. The van der Waals surface area contributed by atoms with E-state index >= 15 is 0 Å². The van der Waals surface area contributed by atoms with Gasteiger partial charge in [0.05, 0.1) is 6.10 Å². The second-order valence-corrected chi connectivity index (χ2v) is 6.13. The van der Waals surface area contributed by atoms with Gasteiger partial charge >= 0.3 is 0 Å². The van der Waals surface area contributed by atoms with E-state index in [0.29, 0.717) is 5.92 Å². The van der Waals surface area contributed by atoms with Gasteiger partial charge in [0.25, 0.3) is 5.91 Å². The lowest BCUT2D eigenvalue weighted by Gasteiger charge is -2.29. The number of carbonyl (C=O) groups is 1. The van der Waals surface area contributed by atoms with Crippen molar-refractivity contribution in [1.29, 1.82) is 0 Å². The van der Waals surface area contributed by atoms with E-state index < -0.39 is 0 Å². The number of ether oxygens (including phenoxy) is 1. The van der Waals surface area contributed by atoms with Crippen molar-refractivity contribution in [3.63, 3.8) is 0 Å². The van der Waals surface area contributed by atoms with Crippen LogP contribution in [0.25, 0.3) is 0 Å². The lowest BCUT2D eigenvalue weighted by atomic mass is 9.98. The van der Waals surface area contributed by atoms with E-state index in [9.17, 15) is 4.79 Å². The number of amides is 1. The summed E-state index contributed by atoms with van der Waals surface area (Å²) in [5.41, 5.74) is 0. The monoisotopic (exact) mass is 277 g/mol. The van der Waals surface area contributed by atoms with Crippen molar-refractivity contribution in [3.8, 4) is 0 Å². The van der Waals surface area contributed by atoms with Gasteiger partial charge in [0, 0.05) is 39.0 Å². The van der Waals surface area contributed by atoms with Crippen molar-refractivity contribution < 1.29 is 9.53 Å². The van der Waals surface area contributed by atoms with Crippen LogP contribution in [0.3, 0.4) is 0 Å². The van der Waals surface area contributed by atoms with E-state index in [1.165, 1.54) is 5.82 Å². The Morgan fingerprint density at radius 1 is 1.50 bits per heavy atom. The molecular formula is C15H23N3O2. The molecule has 0 bridgehead atoms. The van der Waals surface area contributed by atoms with E-state index in [1.807, 2.05) is 31.3 Å². The Morgan fingerprint density at radius 2 is 2.35 bits per heavy atom. The molecule has 0 N–H and O–H groups in total. The molecule has 0 saturated carbocycles. The smallest absolute Gasteiger partial charge is 0.251 e. The van der Waals surface area contributed by atoms with Crippen molar-refractivity contribution in [2.24, 2.45) is 5.92 Å². The van der Waals surface area contributed by atoms with Crippen molar-refractivity contribution in [3.05, 3.63) is 18.2 Å². The van der Waals surface area contributed by atoms with E-state index in [0.717, 1.165) is 38.8 Å². The minimum atomic E-state index is -0.220. The molecule has 3 atom stereocenters. The van der Waals surface area contributed by atoms with Gasteiger partial charge in [0.2, 0.25) is 0 Å². The normalized spacial score (nSPS) is 29.2. The SMILES string of the molecule is C[C@@H]1CC[C@H](C(=O)N(C)C[C@@H]2CCc3nccn3C2)O1. The maximum Gasteiger partial charge on any atom is 0.251 e. The molecule has 1 amide bonds. The van der Waals surface area contributed by atoms with Crippen molar-refractivity contribution in [1.82, 2.24) is 14.5 Å². The van der Waals surface area contributed by atoms with Gasteiger partial charge in [0.15, 0.2) is 0 Å². The summed E-state index contributed by atoms with van der Waals surface area (Å²) >= 11 is 0. The third-order valence-corrected chi connectivity index (χ3v) is 4.45. The highest BCUT2D eigenvalue weighted by molar-refractivity contribution is 5.80. The molecule has 0 aliphatic carbocycles. The zero-order valence-corrected chi connectivity index (χ0v) is 12.3. The van der Waals surface area contributed by atoms with Gasteiger partial charge in [-0.15, -0.1) is 0 Å². The summed E-state index contributed by atoms with van der Waals surface area (Å²) in [7, 11) is 1.90. The van der Waals surface area contributed by atoms with Crippen LogP contribution in [0, 0.1) is 5.92 Å². The molecule has 0 unspecified atom stereocenters. The van der Waals surface area contributed by atoms with E-state index in [-0.39, 0.29) is 18.1 Å². The van der Waals surface area contributed by atoms with Crippen LogP contribution in [0.5, 0.6) is 0 Å². The third-order valence-electron chi connectivity index (χ3n) is 4.45. The molecule has 0 aromatic carbocycles. The molecule has 0 radical (unpaired) electrons. The first-order valence-electron chi connectivity index (χ1n) is 7.54. The number of hydrogen-bond acceptors (Lipinski definition) is 3. The number of fused-ring (bicyclic) bond motifs is 1. The second kappa shape index (κ2) is 5.56. The zero-order chi connectivity index (χ0) is 14.1. The molecule has 2 aliphatic rings. The molecule has 20 heavy (non-hydrogen) atoms. The molecule has 0 spiro atoms.